The SMILES string of the molecule is CSC1=[N+](C(=O)OC(C)(C)C)CCS1.F[B-](F)(F)F. The molecule has 0 saturated heterocycles. The minimum Gasteiger partial charge on any atom is -0.418 e. The van der Waals surface area contributed by atoms with Crippen molar-refractivity contribution in [2.45, 2.75) is 26.4 Å². The monoisotopic (exact) mass is 321 g/mol. The summed E-state index contributed by atoms with van der Waals surface area (Å²) in [6.45, 7) is 6.41. The zero-order chi connectivity index (χ0) is 15.3. The quantitative estimate of drug-likeness (QED) is 0.386. The average molecular weight is 321 g/mol. The fourth-order valence-corrected chi connectivity index (χ4v) is 2.92. The van der Waals surface area contributed by atoms with Crippen LogP contribution >= 0.6 is 23.5 Å². The summed E-state index contributed by atoms with van der Waals surface area (Å²) in [6.07, 6.45) is 1.75. The van der Waals surface area contributed by atoms with E-state index in [1.54, 1.807) is 28.1 Å². The first kappa shape index (κ1) is 18.6. The molecule has 10 heteroatoms. The second-order valence-corrected chi connectivity index (χ2v) is 6.58. The van der Waals surface area contributed by atoms with Gasteiger partial charge in [-0.2, -0.15) is 4.79 Å². The number of carbonyl (C=O) groups excluding carboxylic acids is 1. The van der Waals surface area contributed by atoms with Gasteiger partial charge in [-0.15, -0.1) is 4.58 Å². The van der Waals surface area contributed by atoms with Gasteiger partial charge in [0.2, 0.25) is 0 Å². The van der Waals surface area contributed by atoms with Gasteiger partial charge >= 0.3 is 13.3 Å². The molecular weight excluding hydrogens is 305 g/mol. The van der Waals surface area contributed by atoms with E-state index in [2.05, 4.69) is 0 Å². The van der Waals surface area contributed by atoms with Crippen LogP contribution in [0.2, 0.25) is 0 Å². The lowest BCUT2D eigenvalue weighted by atomic mass is 10.2. The largest absolute Gasteiger partial charge is 0.673 e. The van der Waals surface area contributed by atoms with E-state index in [0.717, 1.165) is 16.7 Å². The van der Waals surface area contributed by atoms with Crippen molar-refractivity contribution in [1.82, 2.24) is 0 Å². The minimum atomic E-state index is -6.00. The van der Waals surface area contributed by atoms with Crippen molar-refractivity contribution in [2.24, 2.45) is 0 Å². The van der Waals surface area contributed by atoms with Crippen LogP contribution in [0.4, 0.5) is 22.1 Å². The van der Waals surface area contributed by atoms with Crippen LogP contribution in [0, 0.1) is 0 Å². The molecule has 0 saturated carbocycles. The third-order valence-corrected chi connectivity index (χ3v) is 3.83. The molecule has 1 heterocycles. The normalized spacial score (nSPS) is 16.0. The second kappa shape index (κ2) is 7.42. The van der Waals surface area contributed by atoms with Crippen molar-refractivity contribution in [3.05, 3.63) is 0 Å². The number of ether oxygens (including phenoxy) is 1. The molecule has 0 N–H and O–H groups in total. The third-order valence-electron chi connectivity index (χ3n) is 1.55. The Kier molecular flexibility index (Phi) is 7.27. The maximum atomic E-state index is 11.7. The van der Waals surface area contributed by atoms with E-state index in [-0.39, 0.29) is 6.09 Å². The van der Waals surface area contributed by atoms with Gasteiger partial charge in [0, 0.05) is 0 Å². The van der Waals surface area contributed by atoms with Crippen LogP contribution in [0.15, 0.2) is 0 Å². The lowest BCUT2D eigenvalue weighted by molar-refractivity contribution is -0.437. The molecular formula is C9H16BF4NO2S2. The van der Waals surface area contributed by atoms with Crippen LogP contribution in [-0.2, 0) is 4.74 Å². The van der Waals surface area contributed by atoms with E-state index < -0.39 is 12.9 Å². The molecule has 0 spiro atoms. The summed E-state index contributed by atoms with van der Waals surface area (Å²) in [5.41, 5.74) is -0.409. The van der Waals surface area contributed by atoms with E-state index in [9.17, 15) is 22.1 Å². The molecule has 1 rings (SSSR count). The first-order valence-corrected chi connectivity index (χ1v) is 7.56. The Balaban J connectivity index is 0.000000555. The Bertz CT molecular complexity index is 349. The maximum Gasteiger partial charge on any atom is 0.673 e. The van der Waals surface area contributed by atoms with Crippen LogP contribution in [0.3, 0.4) is 0 Å². The van der Waals surface area contributed by atoms with Crippen molar-refractivity contribution < 1.29 is 31.4 Å². The first-order valence-electron chi connectivity index (χ1n) is 5.35. The van der Waals surface area contributed by atoms with Crippen molar-refractivity contribution in [2.75, 3.05) is 18.6 Å². The highest BCUT2D eigenvalue weighted by Gasteiger charge is 2.33. The summed E-state index contributed by atoms with van der Waals surface area (Å²) < 4.78 is 47.0. The Hall–Kier alpha value is -0.375. The van der Waals surface area contributed by atoms with Crippen LogP contribution in [-0.4, -0.2) is 46.5 Å². The summed E-state index contributed by atoms with van der Waals surface area (Å²) >= 11 is 3.31. The van der Waals surface area contributed by atoms with Gasteiger partial charge in [0.05, 0.1) is 5.75 Å². The topological polar surface area (TPSA) is 29.3 Å². The lowest BCUT2D eigenvalue weighted by Gasteiger charge is -2.16. The summed E-state index contributed by atoms with van der Waals surface area (Å²) in [6, 6.07) is 0. The van der Waals surface area contributed by atoms with E-state index >= 15 is 0 Å². The molecule has 0 aliphatic carbocycles. The van der Waals surface area contributed by atoms with Gasteiger partial charge in [-0.05, 0) is 38.8 Å². The van der Waals surface area contributed by atoms with E-state index in [1.165, 1.54) is 0 Å². The molecule has 0 fully saturated rings. The van der Waals surface area contributed by atoms with Crippen LogP contribution in [0.1, 0.15) is 20.8 Å². The molecule has 3 nitrogen and oxygen atoms in total. The summed E-state index contributed by atoms with van der Waals surface area (Å²) in [5.74, 6) is 0.968. The average Bonchev–Trinajstić information content (AvgIpc) is 2.59. The number of rotatable bonds is 0. The molecule has 1 aliphatic heterocycles. The van der Waals surface area contributed by atoms with Gasteiger partial charge in [-0.25, -0.2) is 0 Å². The lowest BCUT2D eigenvalue weighted by Crippen LogP contribution is -2.31. The molecule has 1 aliphatic rings. The van der Waals surface area contributed by atoms with Gasteiger partial charge in [0.1, 0.15) is 5.60 Å². The highest BCUT2D eigenvalue weighted by atomic mass is 32.2. The molecule has 0 bridgehead atoms. The van der Waals surface area contributed by atoms with Gasteiger partial charge < -0.3 is 22.0 Å². The molecule has 0 radical (unpaired) electrons. The number of halogens is 4. The zero-order valence-corrected chi connectivity index (χ0v) is 12.7. The molecule has 0 aromatic rings. The Morgan fingerprint density at radius 3 is 2.21 bits per heavy atom. The number of carbonyl (C=O) groups is 1. The number of thioether (sulfide) groups is 2. The van der Waals surface area contributed by atoms with E-state index in [4.69, 9.17) is 4.74 Å². The Morgan fingerprint density at radius 2 is 1.84 bits per heavy atom. The van der Waals surface area contributed by atoms with Gasteiger partial charge in [0.15, 0.2) is 6.54 Å². The summed E-state index contributed by atoms with van der Waals surface area (Å²) in [7, 11) is -6.00. The Labute approximate surface area is 118 Å². The number of hydrogen-bond acceptors (Lipinski definition) is 4. The molecule has 0 aromatic carbocycles. The molecule has 112 valence electrons. The predicted molar refractivity (Wildman–Crippen MR) is 72.5 cm³/mol. The molecule has 1 amide bonds. The fourth-order valence-electron chi connectivity index (χ4n) is 1.05. The molecule has 0 aromatic heterocycles. The van der Waals surface area contributed by atoms with Crippen LogP contribution in [0.25, 0.3) is 0 Å². The number of amides is 1. The predicted octanol–water partition coefficient (Wildman–Crippen LogP) is 3.70. The van der Waals surface area contributed by atoms with E-state index in [0.29, 0.717) is 0 Å². The number of hydrogen-bond donors (Lipinski definition) is 0. The molecule has 0 unspecified atom stereocenters. The summed E-state index contributed by atoms with van der Waals surface area (Å²) in [5, 5.41) is 0. The van der Waals surface area contributed by atoms with Crippen LogP contribution < -0.4 is 0 Å². The zero-order valence-electron chi connectivity index (χ0n) is 11.1. The van der Waals surface area contributed by atoms with Gasteiger partial charge in [0.25, 0.3) is 4.38 Å². The third kappa shape index (κ3) is 10.1. The number of nitrogens with zero attached hydrogens (tertiary/aromatic N) is 1. The van der Waals surface area contributed by atoms with Crippen molar-refractivity contribution in [3.63, 3.8) is 0 Å². The smallest absolute Gasteiger partial charge is 0.418 e. The van der Waals surface area contributed by atoms with Crippen molar-refractivity contribution >= 4 is 41.2 Å². The fraction of sp³-hybridized carbons (Fsp3) is 0.778. The van der Waals surface area contributed by atoms with Crippen LogP contribution in [0.5, 0.6) is 0 Å². The van der Waals surface area contributed by atoms with Crippen molar-refractivity contribution in [3.8, 4) is 0 Å². The molecule has 19 heavy (non-hydrogen) atoms. The standard InChI is InChI=1S/C9H16NO2S2.BF4/c1-9(2,3)12-7(11)10-5-6-14-8(10)13-4;2-1(3,4)5/h5-6H2,1-4H3;/q+1;-1. The van der Waals surface area contributed by atoms with Crippen molar-refractivity contribution in [1.29, 1.82) is 0 Å². The Morgan fingerprint density at radius 1 is 1.37 bits per heavy atom. The highest BCUT2D eigenvalue weighted by molar-refractivity contribution is 8.38. The van der Waals surface area contributed by atoms with Gasteiger partial charge in [-0.1, -0.05) is 11.8 Å². The second-order valence-electron chi connectivity index (χ2n) is 4.45. The molecule has 0 atom stereocenters. The minimum absolute atomic E-state index is 0.230. The maximum absolute atomic E-state index is 11.7. The first-order chi connectivity index (χ1) is 8.44. The summed E-state index contributed by atoms with van der Waals surface area (Å²) in [4.78, 5) is 11.7. The van der Waals surface area contributed by atoms with Gasteiger partial charge in [-0.3, -0.25) is 0 Å². The highest BCUT2D eigenvalue weighted by Crippen LogP contribution is 2.21. The van der Waals surface area contributed by atoms with E-state index in [1.807, 2.05) is 27.0 Å².